The largest absolute Gasteiger partial charge is 0.444 e. The SMILES string of the molecule is C/C=C/C(=O)C[C@H](Cc1ccc(Cl)cc1)NC(=O)OC(C)(C)C. The summed E-state index contributed by atoms with van der Waals surface area (Å²) in [6, 6.07) is 7.00. The summed E-state index contributed by atoms with van der Waals surface area (Å²) in [5.41, 5.74) is 0.408. The lowest BCUT2D eigenvalue weighted by Crippen LogP contribution is -2.41. The number of alkyl carbamates (subject to hydrolysis) is 1. The molecule has 0 heterocycles. The predicted octanol–water partition coefficient (Wildman–Crippen LogP) is 4.31. The molecule has 1 amide bonds. The Morgan fingerprint density at radius 1 is 1.26 bits per heavy atom. The number of hydrogen-bond donors (Lipinski definition) is 1. The Bertz CT molecular complexity index is 559. The first-order valence-electron chi connectivity index (χ1n) is 7.59. The first kappa shape index (κ1) is 19.2. The molecular formula is C18H24ClNO3. The van der Waals surface area contributed by atoms with Gasteiger partial charge in [-0.2, -0.15) is 0 Å². The highest BCUT2D eigenvalue weighted by molar-refractivity contribution is 6.30. The molecule has 4 nitrogen and oxygen atoms in total. The maximum Gasteiger partial charge on any atom is 0.407 e. The topological polar surface area (TPSA) is 55.4 Å². The van der Waals surface area contributed by atoms with Gasteiger partial charge in [0.1, 0.15) is 5.60 Å². The van der Waals surface area contributed by atoms with Crippen LogP contribution in [0, 0.1) is 0 Å². The van der Waals surface area contributed by atoms with Crippen LogP contribution in [0.2, 0.25) is 5.02 Å². The van der Waals surface area contributed by atoms with E-state index in [2.05, 4.69) is 5.32 Å². The fourth-order valence-electron chi connectivity index (χ4n) is 2.05. The van der Waals surface area contributed by atoms with Crippen LogP contribution < -0.4 is 5.32 Å². The predicted molar refractivity (Wildman–Crippen MR) is 92.8 cm³/mol. The lowest BCUT2D eigenvalue weighted by atomic mass is 10.0. The highest BCUT2D eigenvalue weighted by Crippen LogP contribution is 2.13. The number of rotatable bonds is 6. The van der Waals surface area contributed by atoms with Gasteiger partial charge in [-0.3, -0.25) is 4.79 Å². The average Bonchev–Trinajstić information content (AvgIpc) is 2.39. The number of amides is 1. The molecule has 0 saturated heterocycles. The number of nitrogens with one attached hydrogen (secondary N) is 1. The average molecular weight is 338 g/mol. The van der Waals surface area contributed by atoms with Crippen molar-refractivity contribution in [3.05, 3.63) is 47.0 Å². The molecule has 0 fully saturated rings. The smallest absolute Gasteiger partial charge is 0.407 e. The first-order chi connectivity index (χ1) is 10.7. The van der Waals surface area contributed by atoms with E-state index in [1.165, 1.54) is 6.08 Å². The Labute approximate surface area is 142 Å². The van der Waals surface area contributed by atoms with E-state index in [-0.39, 0.29) is 18.2 Å². The van der Waals surface area contributed by atoms with Crippen molar-refractivity contribution in [1.29, 1.82) is 0 Å². The molecule has 5 heteroatoms. The van der Waals surface area contributed by atoms with Crippen LogP contribution >= 0.6 is 11.6 Å². The van der Waals surface area contributed by atoms with Crippen molar-refractivity contribution in [3.63, 3.8) is 0 Å². The van der Waals surface area contributed by atoms with Crippen LogP contribution in [0.15, 0.2) is 36.4 Å². The van der Waals surface area contributed by atoms with Crippen molar-refractivity contribution in [3.8, 4) is 0 Å². The molecule has 0 radical (unpaired) electrons. The number of halogens is 1. The number of allylic oxidation sites excluding steroid dienone is 2. The number of ketones is 1. The third kappa shape index (κ3) is 8.41. The molecule has 1 aromatic rings. The van der Waals surface area contributed by atoms with E-state index >= 15 is 0 Å². The minimum atomic E-state index is -0.581. The zero-order chi connectivity index (χ0) is 17.5. The maximum absolute atomic E-state index is 12.0. The number of carbonyl (C=O) groups is 2. The van der Waals surface area contributed by atoms with Crippen LogP contribution in [0.1, 0.15) is 39.7 Å². The quantitative estimate of drug-likeness (QED) is 0.787. The molecule has 0 bridgehead atoms. The number of hydrogen-bond acceptors (Lipinski definition) is 3. The molecule has 0 saturated carbocycles. The molecule has 1 N–H and O–H groups in total. The molecule has 0 unspecified atom stereocenters. The number of carbonyl (C=O) groups excluding carboxylic acids is 2. The summed E-state index contributed by atoms with van der Waals surface area (Å²) in [6.07, 6.45) is 3.41. The summed E-state index contributed by atoms with van der Waals surface area (Å²) in [6.45, 7) is 7.18. The maximum atomic E-state index is 12.0. The summed E-state index contributed by atoms with van der Waals surface area (Å²) in [5, 5.41) is 3.43. The molecule has 0 aliphatic rings. The molecule has 1 atom stereocenters. The summed E-state index contributed by atoms with van der Waals surface area (Å²) in [5.74, 6) is -0.0393. The van der Waals surface area contributed by atoms with E-state index in [9.17, 15) is 9.59 Å². The minimum absolute atomic E-state index is 0.0393. The molecular weight excluding hydrogens is 314 g/mol. The van der Waals surface area contributed by atoms with E-state index in [4.69, 9.17) is 16.3 Å². The van der Waals surface area contributed by atoms with Gasteiger partial charge in [0.2, 0.25) is 0 Å². The van der Waals surface area contributed by atoms with Crippen molar-refractivity contribution < 1.29 is 14.3 Å². The highest BCUT2D eigenvalue weighted by Gasteiger charge is 2.21. The van der Waals surface area contributed by atoms with Gasteiger partial charge < -0.3 is 10.1 Å². The Hall–Kier alpha value is -1.81. The zero-order valence-electron chi connectivity index (χ0n) is 14.1. The Morgan fingerprint density at radius 3 is 2.39 bits per heavy atom. The fourth-order valence-corrected chi connectivity index (χ4v) is 2.18. The molecule has 0 spiro atoms. The van der Waals surface area contributed by atoms with Gasteiger partial charge in [0.15, 0.2) is 5.78 Å². The van der Waals surface area contributed by atoms with Crippen LogP contribution in [-0.2, 0) is 16.0 Å². The van der Waals surface area contributed by atoms with Crippen molar-refractivity contribution in [2.45, 2.75) is 52.2 Å². The van der Waals surface area contributed by atoms with Gasteiger partial charge in [-0.25, -0.2) is 4.79 Å². The molecule has 0 aromatic heterocycles. The van der Waals surface area contributed by atoms with Crippen molar-refractivity contribution in [1.82, 2.24) is 5.32 Å². The van der Waals surface area contributed by atoms with E-state index in [0.29, 0.717) is 11.4 Å². The van der Waals surface area contributed by atoms with Gasteiger partial charge >= 0.3 is 6.09 Å². The molecule has 0 aliphatic heterocycles. The third-order valence-corrected chi connectivity index (χ3v) is 3.17. The highest BCUT2D eigenvalue weighted by atomic mass is 35.5. The summed E-state index contributed by atoms with van der Waals surface area (Å²) in [4.78, 5) is 23.8. The Morgan fingerprint density at radius 2 is 1.87 bits per heavy atom. The second kappa shape index (κ2) is 8.73. The van der Waals surface area contributed by atoms with Gasteiger partial charge in [-0.1, -0.05) is 29.8 Å². The second-order valence-corrected chi connectivity index (χ2v) is 6.78. The monoisotopic (exact) mass is 337 g/mol. The molecule has 1 rings (SSSR count). The second-order valence-electron chi connectivity index (χ2n) is 6.34. The van der Waals surface area contributed by atoms with Gasteiger partial charge in [0.05, 0.1) is 0 Å². The van der Waals surface area contributed by atoms with Crippen molar-refractivity contribution in [2.24, 2.45) is 0 Å². The van der Waals surface area contributed by atoms with Crippen molar-refractivity contribution in [2.75, 3.05) is 0 Å². The lowest BCUT2D eigenvalue weighted by molar-refractivity contribution is -0.115. The summed E-state index contributed by atoms with van der Waals surface area (Å²) >= 11 is 5.88. The van der Waals surface area contributed by atoms with E-state index in [1.807, 2.05) is 12.1 Å². The normalized spacial score (nSPS) is 12.9. The van der Waals surface area contributed by atoms with Gasteiger partial charge in [-0.05, 0) is 57.9 Å². The minimum Gasteiger partial charge on any atom is -0.444 e. The lowest BCUT2D eigenvalue weighted by Gasteiger charge is -2.23. The van der Waals surface area contributed by atoms with Crippen LogP contribution in [0.5, 0.6) is 0 Å². The molecule has 1 aromatic carbocycles. The van der Waals surface area contributed by atoms with Gasteiger partial charge in [0, 0.05) is 17.5 Å². The Balaban J connectivity index is 2.77. The molecule has 23 heavy (non-hydrogen) atoms. The summed E-state index contributed by atoms with van der Waals surface area (Å²) < 4.78 is 5.27. The molecule has 126 valence electrons. The van der Waals surface area contributed by atoms with E-state index in [1.54, 1.807) is 45.9 Å². The Kier molecular flexibility index (Phi) is 7.30. The third-order valence-electron chi connectivity index (χ3n) is 2.92. The van der Waals surface area contributed by atoms with E-state index in [0.717, 1.165) is 5.56 Å². The van der Waals surface area contributed by atoms with Gasteiger partial charge in [0.25, 0.3) is 0 Å². The van der Waals surface area contributed by atoms with Gasteiger partial charge in [-0.15, -0.1) is 0 Å². The van der Waals surface area contributed by atoms with Crippen LogP contribution in [0.4, 0.5) is 4.79 Å². The van der Waals surface area contributed by atoms with Crippen LogP contribution in [0.3, 0.4) is 0 Å². The van der Waals surface area contributed by atoms with E-state index < -0.39 is 11.7 Å². The van der Waals surface area contributed by atoms with Crippen molar-refractivity contribution >= 4 is 23.5 Å². The van der Waals surface area contributed by atoms with Crippen LogP contribution in [0.25, 0.3) is 0 Å². The fraction of sp³-hybridized carbons (Fsp3) is 0.444. The molecule has 0 aliphatic carbocycles. The standard InChI is InChI=1S/C18H24ClNO3/c1-5-6-16(21)12-15(20-17(22)23-18(2,3)4)11-13-7-9-14(19)10-8-13/h5-10,15H,11-12H2,1-4H3,(H,20,22)/b6-5+/t15-/m0/s1. The first-order valence-corrected chi connectivity index (χ1v) is 7.97. The summed E-state index contributed by atoms with van der Waals surface area (Å²) in [7, 11) is 0. The van der Waals surface area contributed by atoms with Crippen LogP contribution in [-0.4, -0.2) is 23.5 Å². The number of benzene rings is 1. The zero-order valence-corrected chi connectivity index (χ0v) is 14.8. The number of ether oxygens (including phenoxy) is 1.